The molecule has 0 amide bonds. The Bertz CT molecular complexity index is 154. The molecule has 0 saturated carbocycles. The first-order chi connectivity index (χ1) is 6.16. The molecule has 1 atom stereocenters. The number of carbonyl (C=O) groups excluding carboxylic acids is 2. The zero-order chi connectivity index (χ0) is 10.1. The topological polar surface area (TPSA) is 57.2 Å². The van der Waals surface area contributed by atoms with Crippen LogP contribution in [0.5, 0.6) is 0 Å². The molecule has 13 heavy (non-hydrogen) atoms. The van der Waals surface area contributed by atoms with Gasteiger partial charge in [0.15, 0.2) is 0 Å². The second kappa shape index (κ2) is 7.77. The molecule has 0 aromatic heterocycles. The summed E-state index contributed by atoms with van der Waals surface area (Å²) in [7, 11) is 0. The summed E-state index contributed by atoms with van der Waals surface area (Å²) in [6.07, 6.45) is 5.65. The summed E-state index contributed by atoms with van der Waals surface area (Å²) < 4.78 is 0. The minimum absolute atomic E-state index is 0.140. The second-order valence-electron chi connectivity index (χ2n) is 3.44. The van der Waals surface area contributed by atoms with Gasteiger partial charge in [-0.15, -0.1) is 0 Å². The molecule has 76 valence electrons. The van der Waals surface area contributed by atoms with Crippen LogP contribution < -0.4 is 5.11 Å². The molecular formula is C10H17O3-. The fourth-order valence-corrected chi connectivity index (χ4v) is 1.16. The molecule has 0 heterocycles. The first-order valence-corrected chi connectivity index (χ1v) is 4.82. The maximum absolute atomic E-state index is 10.2. The average Bonchev–Trinajstić information content (AvgIpc) is 2.10. The van der Waals surface area contributed by atoms with E-state index >= 15 is 0 Å². The van der Waals surface area contributed by atoms with Crippen molar-refractivity contribution in [2.45, 2.75) is 45.4 Å². The SMILES string of the molecule is CC(C=O)CCCCCCC(=O)[O-]. The van der Waals surface area contributed by atoms with Crippen LogP contribution in [0, 0.1) is 5.92 Å². The van der Waals surface area contributed by atoms with E-state index in [1.54, 1.807) is 0 Å². The van der Waals surface area contributed by atoms with Gasteiger partial charge < -0.3 is 14.7 Å². The largest absolute Gasteiger partial charge is 0.550 e. The zero-order valence-electron chi connectivity index (χ0n) is 8.12. The maximum atomic E-state index is 10.2. The molecule has 0 saturated heterocycles. The lowest BCUT2D eigenvalue weighted by Gasteiger charge is -2.03. The molecule has 0 rings (SSSR count). The van der Waals surface area contributed by atoms with Gasteiger partial charge >= 0.3 is 0 Å². The summed E-state index contributed by atoms with van der Waals surface area (Å²) in [5, 5.41) is 10.0. The highest BCUT2D eigenvalue weighted by Gasteiger charge is 1.98. The molecule has 3 heteroatoms. The normalized spacial score (nSPS) is 12.4. The molecule has 0 aliphatic rings. The fourth-order valence-electron chi connectivity index (χ4n) is 1.16. The Labute approximate surface area is 79.1 Å². The highest BCUT2D eigenvalue weighted by Crippen LogP contribution is 2.09. The van der Waals surface area contributed by atoms with Crippen molar-refractivity contribution < 1.29 is 14.7 Å². The van der Waals surface area contributed by atoms with Gasteiger partial charge in [-0.05, 0) is 19.3 Å². The number of aldehydes is 1. The smallest absolute Gasteiger partial charge is 0.122 e. The van der Waals surface area contributed by atoms with E-state index in [4.69, 9.17) is 0 Å². The van der Waals surface area contributed by atoms with E-state index in [0.29, 0.717) is 6.42 Å². The standard InChI is InChI=1S/C10H18O3/c1-9(8-11)6-4-2-3-5-7-10(12)13/h8-9H,2-7H2,1H3,(H,12,13)/p-1. The minimum atomic E-state index is -0.971. The summed E-state index contributed by atoms with van der Waals surface area (Å²) >= 11 is 0. The van der Waals surface area contributed by atoms with Crippen LogP contribution in [0.2, 0.25) is 0 Å². The highest BCUT2D eigenvalue weighted by atomic mass is 16.4. The average molecular weight is 185 g/mol. The number of hydrogen-bond donors (Lipinski definition) is 0. The van der Waals surface area contributed by atoms with Crippen LogP contribution in [0.25, 0.3) is 0 Å². The van der Waals surface area contributed by atoms with Crippen LogP contribution in [0.3, 0.4) is 0 Å². The number of carbonyl (C=O) groups is 2. The van der Waals surface area contributed by atoms with E-state index in [1.807, 2.05) is 6.92 Å². The van der Waals surface area contributed by atoms with E-state index in [0.717, 1.165) is 32.0 Å². The van der Waals surface area contributed by atoms with Crippen molar-refractivity contribution in [3.8, 4) is 0 Å². The van der Waals surface area contributed by atoms with Gasteiger partial charge in [-0.2, -0.15) is 0 Å². The first-order valence-electron chi connectivity index (χ1n) is 4.82. The summed E-state index contributed by atoms with van der Waals surface area (Å²) in [5.74, 6) is -0.831. The molecule has 0 bridgehead atoms. The van der Waals surface area contributed by atoms with Gasteiger partial charge in [0.25, 0.3) is 0 Å². The fraction of sp³-hybridized carbons (Fsp3) is 0.800. The lowest BCUT2D eigenvalue weighted by atomic mass is 10.0. The van der Waals surface area contributed by atoms with Gasteiger partial charge in [-0.1, -0.05) is 26.2 Å². The summed E-state index contributed by atoms with van der Waals surface area (Å²) in [6.45, 7) is 1.90. The number of hydrogen-bond acceptors (Lipinski definition) is 3. The molecule has 3 nitrogen and oxygen atoms in total. The minimum Gasteiger partial charge on any atom is -0.550 e. The molecule has 0 spiro atoms. The van der Waals surface area contributed by atoms with Crippen molar-refractivity contribution >= 4 is 12.3 Å². The Hall–Kier alpha value is -0.860. The Balaban J connectivity index is 3.08. The van der Waals surface area contributed by atoms with Crippen LogP contribution in [0.1, 0.15) is 45.4 Å². The van der Waals surface area contributed by atoms with Crippen molar-refractivity contribution in [2.24, 2.45) is 5.92 Å². The molecule has 1 unspecified atom stereocenters. The van der Waals surface area contributed by atoms with E-state index in [9.17, 15) is 14.7 Å². The van der Waals surface area contributed by atoms with E-state index in [-0.39, 0.29) is 12.3 Å². The lowest BCUT2D eigenvalue weighted by Crippen LogP contribution is -2.21. The van der Waals surface area contributed by atoms with Crippen LogP contribution in [0.15, 0.2) is 0 Å². The van der Waals surface area contributed by atoms with E-state index in [1.165, 1.54) is 0 Å². The molecule has 0 aliphatic heterocycles. The van der Waals surface area contributed by atoms with Gasteiger partial charge in [0, 0.05) is 11.9 Å². The predicted molar refractivity (Wildman–Crippen MR) is 47.9 cm³/mol. The van der Waals surface area contributed by atoms with Crippen molar-refractivity contribution in [1.29, 1.82) is 0 Å². The van der Waals surface area contributed by atoms with E-state index in [2.05, 4.69) is 0 Å². The van der Waals surface area contributed by atoms with E-state index < -0.39 is 5.97 Å². The first kappa shape index (κ1) is 12.1. The Morgan fingerprint density at radius 2 is 1.92 bits per heavy atom. The Kier molecular flexibility index (Phi) is 7.26. The number of unbranched alkanes of at least 4 members (excludes halogenated alkanes) is 3. The Morgan fingerprint density at radius 3 is 2.46 bits per heavy atom. The van der Waals surface area contributed by atoms with Crippen LogP contribution >= 0.6 is 0 Å². The monoisotopic (exact) mass is 185 g/mol. The molecule has 0 fully saturated rings. The molecule has 0 aliphatic carbocycles. The zero-order valence-corrected chi connectivity index (χ0v) is 8.12. The van der Waals surface area contributed by atoms with Crippen LogP contribution in [0.4, 0.5) is 0 Å². The predicted octanol–water partition coefficient (Wildman–Crippen LogP) is 0.912. The molecule has 0 aromatic carbocycles. The van der Waals surface area contributed by atoms with Gasteiger partial charge in [0.1, 0.15) is 6.29 Å². The molecule has 0 N–H and O–H groups in total. The maximum Gasteiger partial charge on any atom is 0.122 e. The van der Waals surface area contributed by atoms with Crippen LogP contribution in [-0.4, -0.2) is 12.3 Å². The molecule has 0 aromatic rings. The third-order valence-corrected chi connectivity index (χ3v) is 2.02. The third kappa shape index (κ3) is 9.05. The second-order valence-corrected chi connectivity index (χ2v) is 3.44. The van der Waals surface area contributed by atoms with Crippen LogP contribution in [-0.2, 0) is 9.59 Å². The molecule has 0 radical (unpaired) electrons. The van der Waals surface area contributed by atoms with Crippen molar-refractivity contribution in [2.75, 3.05) is 0 Å². The quantitative estimate of drug-likeness (QED) is 0.417. The van der Waals surface area contributed by atoms with Gasteiger partial charge in [0.2, 0.25) is 0 Å². The van der Waals surface area contributed by atoms with Gasteiger partial charge in [-0.3, -0.25) is 0 Å². The van der Waals surface area contributed by atoms with Gasteiger partial charge in [-0.25, -0.2) is 0 Å². The summed E-state index contributed by atoms with van der Waals surface area (Å²) in [6, 6.07) is 0. The van der Waals surface area contributed by atoms with Crippen molar-refractivity contribution in [3.63, 3.8) is 0 Å². The number of aliphatic carboxylic acids is 1. The van der Waals surface area contributed by atoms with Crippen molar-refractivity contribution in [1.82, 2.24) is 0 Å². The molecular weight excluding hydrogens is 168 g/mol. The number of rotatable bonds is 8. The number of carboxylic acid groups (broad SMARTS) is 1. The summed E-state index contributed by atoms with van der Waals surface area (Å²) in [4.78, 5) is 20.3. The highest BCUT2D eigenvalue weighted by molar-refractivity contribution is 5.64. The Morgan fingerprint density at radius 1 is 1.31 bits per heavy atom. The third-order valence-electron chi connectivity index (χ3n) is 2.02. The number of carboxylic acids is 1. The van der Waals surface area contributed by atoms with Crippen molar-refractivity contribution in [3.05, 3.63) is 0 Å². The van der Waals surface area contributed by atoms with Gasteiger partial charge in [0.05, 0.1) is 0 Å². The summed E-state index contributed by atoms with van der Waals surface area (Å²) in [5.41, 5.74) is 0. The lowest BCUT2D eigenvalue weighted by molar-refractivity contribution is -0.305.